The fourth-order valence-electron chi connectivity index (χ4n) is 4.91. The number of rotatable bonds is 4. The summed E-state index contributed by atoms with van der Waals surface area (Å²) in [5.41, 5.74) is 0.633. The van der Waals surface area contributed by atoms with Crippen LogP contribution in [0.5, 0.6) is 0 Å². The molecule has 142 valence electrons. The van der Waals surface area contributed by atoms with E-state index in [1.807, 2.05) is 11.8 Å². The number of carbonyl (C=O) groups is 2. The number of hydrogen-bond donors (Lipinski definition) is 0. The highest BCUT2D eigenvalue weighted by molar-refractivity contribution is 5.95. The normalized spacial score (nSPS) is 23.3. The van der Waals surface area contributed by atoms with Gasteiger partial charge in [-0.25, -0.2) is 0 Å². The molecule has 1 aromatic heterocycles. The molecule has 1 aromatic rings. The molecule has 2 amide bonds. The van der Waals surface area contributed by atoms with Crippen molar-refractivity contribution in [2.45, 2.75) is 51.0 Å². The maximum atomic E-state index is 12.7. The van der Waals surface area contributed by atoms with E-state index >= 15 is 0 Å². The Labute approximate surface area is 155 Å². The Morgan fingerprint density at radius 3 is 2.50 bits per heavy atom. The number of piperidine rings is 1. The molecule has 3 aliphatic rings. The van der Waals surface area contributed by atoms with E-state index in [1.165, 1.54) is 25.9 Å². The van der Waals surface area contributed by atoms with Crippen LogP contribution in [0.2, 0.25) is 0 Å². The minimum absolute atomic E-state index is 0.0287. The van der Waals surface area contributed by atoms with Crippen molar-refractivity contribution in [1.82, 2.24) is 14.7 Å². The van der Waals surface area contributed by atoms with Crippen molar-refractivity contribution >= 4 is 11.8 Å². The lowest BCUT2D eigenvalue weighted by Gasteiger charge is -2.45. The lowest BCUT2D eigenvalue weighted by atomic mass is 9.84. The van der Waals surface area contributed by atoms with Crippen LogP contribution in [0.15, 0.2) is 16.7 Å². The second-order valence-electron chi connectivity index (χ2n) is 8.00. The van der Waals surface area contributed by atoms with Gasteiger partial charge in [0.05, 0.1) is 11.8 Å². The number of nitrogens with zero attached hydrogens (tertiary/aromatic N) is 3. The molecule has 0 aromatic carbocycles. The first kappa shape index (κ1) is 17.6. The molecular weight excluding hydrogens is 330 g/mol. The Bertz CT molecular complexity index is 670. The molecule has 0 aliphatic carbocycles. The van der Waals surface area contributed by atoms with Gasteiger partial charge in [0, 0.05) is 38.1 Å². The summed E-state index contributed by atoms with van der Waals surface area (Å²) < 4.78 is 5.28. The number of likely N-dealkylation sites (tertiary alicyclic amines) is 3. The van der Waals surface area contributed by atoms with Crippen LogP contribution in [-0.4, -0.2) is 71.3 Å². The highest BCUT2D eigenvalue weighted by Gasteiger charge is 2.47. The summed E-state index contributed by atoms with van der Waals surface area (Å²) in [4.78, 5) is 31.8. The first-order chi connectivity index (χ1) is 12.6. The van der Waals surface area contributed by atoms with Crippen molar-refractivity contribution in [2.75, 3.05) is 39.3 Å². The average molecular weight is 359 g/mol. The third-order valence-corrected chi connectivity index (χ3v) is 6.59. The zero-order chi connectivity index (χ0) is 18.1. The van der Waals surface area contributed by atoms with Crippen LogP contribution in [0.1, 0.15) is 54.6 Å². The molecule has 4 rings (SSSR count). The average Bonchev–Trinajstić information content (AvgIpc) is 3.37. The smallest absolute Gasteiger partial charge is 0.257 e. The first-order valence-corrected chi connectivity index (χ1v) is 9.95. The predicted molar refractivity (Wildman–Crippen MR) is 97.9 cm³/mol. The third-order valence-electron chi connectivity index (χ3n) is 6.59. The fraction of sp³-hybridized carbons (Fsp3) is 0.700. The largest absolute Gasteiger partial charge is 0.469 e. The van der Waals surface area contributed by atoms with E-state index in [2.05, 4.69) is 9.80 Å². The third kappa shape index (κ3) is 3.15. The molecule has 4 heterocycles. The molecular formula is C20H29N3O3. The summed E-state index contributed by atoms with van der Waals surface area (Å²) in [6.45, 7) is 7.43. The summed E-state index contributed by atoms with van der Waals surface area (Å²) >= 11 is 0. The first-order valence-electron chi connectivity index (χ1n) is 9.95. The van der Waals surface area contributed by atoms with Crippen LogP contribution >= 0.6 is 0 Å². The molecule has 3 fully saturated rings. The molecule has 0 N–H and O–H groups in total. The number of carbonyl (C=O) groups excluding carboxylic acids is 2. The summed E-state index contributed by atoms with van der Waals surface area (Å²) in [5.74, 6) is 1.03. The second-order valence-corrected chi connectivity index (χ2v) is 8.00. The molecule has 6 heteroatoms. The fourth-order valence-corrected chi connectivity index (χ4v) is 4.91. The molecule has 26 heavy (non-hydrogen) atoms. The van der Waals surface area contributed by atoms with Crippen LogP contribution in [0, 0.1) is 6.92 Å². The van der Waals surface area contributed by atoms with E-state index in [0.717, 1.165) is 45.4 Å². The molecule has 6 nitrogen and oxygen atoms in total. The van der Waals surface area contributed by atoms with E-state index in [-0.39, 0.29) is 11.4 Å². The molecule has 3 saturated heterocycles. The van der Waals surface area contributed by atoms with Gasteiger partial charge in [0.2, 0.25) is 5.91 Å². The van der Waals surface area contributed by atoms with E-state index in [1.54, 1.807) is 12.3 Å². The van der Waals surface area contributed by atoms with Gasteiger partial charge < -0.3 is 19.1 Å². The van der Waals surface area contributed by atoms with Crippen LogP contribution in [-0.2, 0) is 4.79 Å². The van der Waals surface area contributed by atoms with Crippen molar-refractivity contribution in [1.29, 1.82) is 0 Å². The van der Waals surface area contributed by atoms with Gasteiger partial charge in [-0.15, -0.1) is 0 Å². The van der Waals surface area contributed by atoms with Gasteiger partial charge in [0.15, 0.2) is 0 Å². The maximum Gasteiger partial charge on any atom is 0.257 e. The Hall–Kier alpha value is -1.82. The number of furan rings is 1. The van der Waals surface area contributed by atoms with Gasteiger partial charge in [-0.1, -0.05) is 0 Å². The topological polar surface area (TPSA) is 57.0 Å². The molecule has 0 bridgehead atoms. The second kappa shape index (κ2) is 7.06. The van der Waals surface area contributed by atoms with Crippen LogP contribution in [0.25, 0.3) is 0 Å². The van der Waals surface area contributed by atoms with E-state index in [4.69, 9.17) is 4.42 Å². The standard InChI is InChI=1S/C20H29N3O3/c1-16-17(5-15-26-16)19(25)22-11-7-20(8-12-22)6-4-18(24)23(20)14-13-21-9-2-3-10-21/h5,15H,2-4,6-14H2,1H3. The zero-order valence-electron chi connectivity index (χ0n) is 15.7. The Balaban J connectivity index is 1.38. The Kier molecular flexibility index (Phi) is 4.78. The van der Waals surface area contributed by atoms with Crippen molar-refractivity contribution in [3.05, 3.63) is 23.7 Å². The quantitative estimate of drug-likeness (QED) is 0.828. The van der Waals surface area contributed by atoms with Crippen molar-refractivity contribution in [2.24, 2.45) is 0 Å². The van der Waals surface area contributed by atoms with Crippen molar-refractivity contribution < 1.29 is 14.0 Å². The van der Waals surface area contributed by atoms with Crippen LogP contribution in [0.3, 0.4) is 0 Å². The number of aryl methyl sites for hydroxylation is 1. The monoisotopic (exact) mass is 359 g/mol. The van der Waals surface area contributed by atoms with Crippen molar-refractivity contribution in [3.63, 3.8) is 0 Å². The summed E-state index contributed by atoms with van der Waals surface area (Å²) in [5, 5.41) is 0. The minimum atomic E-state index is -0.0287. The molecule has 0 saturated carbocycles. The Morgan fingerprint density at radius 2 is 1.85 bits per heavy atom. The maximum absolute atomic E-state index is 12.7. The SMILES string of the molecule is Cc1occc1C(=O)N1CCC2(CCC(=O)N2CCN2CCCC2)CC1. The van der Waals surface area contributed by atoms with Gasteiger partial charge in [-0.05, 0) is 58.2 Å². The number of amides is 2. The lowest BCUT2D eigenvalue weighted by Crippen LogP contribution is -2.55. The summed E-state index contributed by atoms with van der Waals surface area (Å²) in [6.07, 6.45) is 7.52. The highest BCUT2D eigenvalue weighted by Crippen LogP contribution is 2.39. The Morgan fingerprint density at radius 1 is 1.12 bits per heavy atom. The minimum Gasteiger partial charge on any atom is -0.469 e. The van der Waals surface area contributed by atoms with Gasteiger partial charge in [0.25, 0.3) is 5.91 Å². The highest BCUT2D eigenvalue weighted by atomic mass is 16.3. The van der Waals surface area contributed by atoms with Crippen molar-refractivity contribution in [3.8, 4) is 0 Å². The molecule has 0 unspecified atom stereocenters. The predicted octanol–water partition coefficient (Wildman–Crippen LogP) is 2.28. The molecule has 1 spiro atoms. The molecule has 3 aliphatic heterocycles. The van der Waals surface area contributed by atoms with Gasteiger partial charge >= 0.3 is 0 Å². The summed E-state index contributed by atoms with van der Waals surface area (Å²) in [7, 11) is 0. The van der Waals surface area contributed by atoms with Crippen LogP contribution < -0.4 is 0 Å². The molecule has 0 radical (unpaired) electrons. The van der Waals surface area contributed by atoms with E-state index < -0.39 is 0 Å². The van der Waals surface area contributed by atoms with Crippen LogP contribution in [0.4, 0.5) is 0 Å². The van der Waals surface area contributed by atoms with Gasteiger partial charge in [-0.2, -0.15) is 0 Å². The summed E-state index contributed by atoms with van der Waals surface area (Å²) in [6, 6.07) is 1.75. The lowest BCUT2D eigenvalue weighted by molar-refractivity contribution is -0.132. The van der Waals surface area contributed by atoms with E-state index in [0.29, 0.717) is 23.7 Å². The number of hydrogen-bond acceptors (Lipinski definition) is 4. The molecule has 0 atom stereocenters. The van der Waals surface area contributed by atoms with Gasteiger partial charge in [0.1, 0.15) is 5.76 Å². The van der Waals surface area contributed by atoms with Gasteiger partial charge in [-0.3, -0.25) is 9.59 Å². The van der Waals surface area contributed by atoms with E-state index in [9.17, 15) is 9.59 Å². The zero-order valence-corrected chi connectivity index (χ0v) is 15.7.